The van der Waals surface area contributed by atoms with Crippen LogP contribution in [0.25, 0.3) is 0 Å². The molecule has 0 radical (unpaired) electrons. The lowest BCUT2D eigenvalue weighted by molar-refractivity contribution is -0.121. The van der Waals surface area contributed by atoms with E-state index in [9.17, 15) is 18.0 Å². The summed E-state index contributed by atoms with van der Waals surface area (Å²) in [5.74, 6) is 0.402. The summed E-state index contributed by atoms with van der Waals surface area (Å²) >= 11 is 0. The van der Waals surface area contributed by atoms with Crippen molar-refractivity contribution in [1.29, 1.82) is 0 Å². The fourth-order valence-corrected chi connectivity index (χ4v) is 6.09. The van der Waals surface area contributed by atoms with E-state index in [1.165, 1.54) is 0 Å². The highest BCUT2D eigenvalue weighted by Gasteiger charge is 2.38. The maximum absolute atomic E-state index is 13.1. The van der Waals surface area contributed by atoms with Gasteiger partial charge in [-0.15, -0.1) is 0 Å². The number of amides is 3. The number of imide groups is 1. The molecule has 1 aliphatic carbocycles. The molecule has 3 rings (SSSR count). The Balaban J connectivity index is 1.70. The highest BCUT2D eigenvalue weighted by Crippen LogP contribution is 2.32. The standard InChI is InChI=1S/C19H27N3O5S/c1-10-9-15(27-4)11(2)12(3)17(10)28(25,26)22-14-7-5-13(6-8-14)16-18(23)21-19(24)20-16/h9,13-14,16,22H,5-8H2,1-4H3,(H2,20,21,23,24). The van der Waals surface area contributed by atoms with E-state index >= 15 is 0 Å². The van der Waals surface area contributed by atoms with Crippen molar-refractivity contribution >= 4 is 22.0 Å². The quantitative estimate of drug-likeness (QED) is 0.640. The Morgan fingerprint density at radius 2 is 1.71 bits per heavy atom. The molecule has 0 bridgehead atoms. The summed E-state index contributed by atoms with van der Waals surface area (Å²) in [6, 6.07) is 0.579. The van der Waals surface area contributed by atoms with Crippen molar-refractivity contribution in [2.45, 2.75) is 63.4 Å². The Morgan fingerprint density at radius 1 is 1.07 bits per heavy atom. The van der Waals surface area contributed by atoms with Crippen molar-refractivity contribution in [1.82, 2.24) is 15.4 Å². The minimum absolute atomic E-state index is 0.0268. The number of hydrogen-bond acceptors (Lipinski definition) is 5. The summed E-state index contributed by atoms with van der Waals surface area (Å²) < 4.78 is 34.3. The molecule has 1 aromatic carbocycles. The van der Waals surface area contributed by atoms with E-state index in [1.54, 1.807) is 27.0 Å². The first-order chi connectivity index (χ1) is 13.1. The third-order valence-corrected chi connectivity index (χ3v) is 7.65. The highest BCUT2D eigenvalue weighted by atomic mass is 32.2. The lowest BCUT2D eigenvalue weighted by Gasteiger charge is -2.31. The number of methoxy groups -OCH3 is 1. The van der Waals surface area contributed by atoms with Gasteiger partial charge in [-0.05, 0) is 75.1 Å². The number of aryl methyl sites for hydroxylation is 1. The van der Waals surface area contributed by atoms with Gasteiger partial charge in [0.1, 0.15) is 11.8 Å². The van der Waals surface area contributed by atoms with Crippen LogP contribution >= 0.6 is 0 Å². The van der Waals surface area contributed by atoms with Gasteiger partial charge in [-0.1, -0.05) is 0 Å². The van der Waals surface area contributed by atoms with Gasteiger partial charge in [-0.2, -0.15) is 0 Å². The summed E-state index contributed by atoms with van der Waals surface area (Å²) in [5.41, 5.74) is 2.13. The number of ether oxygens (including phenoxy) is 1. The maximum atomic E-state index is 13.1. The van der Waals surface area contributed by atoms with Crippen molar-refractivity contribution in [3.8, 4) is 5.75 Å². The molecule has 8 nitrogen and oxygen atoms in total. The van der Waals surface area contributed by atoms with Crippen molar-refractivity contribution in [3.63, 3.8) is 0 Å². The Labute approximate surface area is 165 Å². The maximum Gasteiger partial charge on any atom is 0.322 e. The minimum atomic E-state index is -3.68. The Hall–Kier alpha value is -2.13. The molecule has 1 aliphatic heterocycles. The molecule has 1 saturated carbocycles. The van der Waals surface area contributed by atoms with Gasteiger partial charge in [0.05, 0.1) is 12.0 Å². The van der Waals surface area contributed by atoms with E-state index in [2.05, 4.69) is 15.4 Å². The second kappa shape index (κ2) is 7.71. The fraction of sp³-hybridized carbons (Fsp3) is 0.579. The molecule has 1 unspecified atom stereocenters. The zero-order valence-electron chi connectivity index (χ0n) is 16.6. The number of carbonyl (C=O) groups excluding carboxylic acids is 2. The third kappa shape index (κ3) is 3.86. The number of hydrogen-bond donors (Lipinski definition) is 3. The lowest BCUT2D eigenvalue weighted by Crippen LogP contribution is -2.43. The van der Waals surface area contributed by atoms with Crippen LogP contribution in [0.1, 0.15) is 42.4 Å². The molecule has 28 heavy (non-hydrogen) atoms. The SMILES string of the molecule is COc1cc(C)c(S(=O)(=O)NC2CCC(C3NC(=O)NC3=O)CC2)c(C)c1C. The molecule has 1 saturated heterocycles. The smallest absolute Gasteiger partial charge is 0.322 e. The van der Waals surface area contributed by atoms with E-state index < -0.39 is 22.1 Å². The molecule has 1 heterocycles. The van der Waals surface area contributed by atoms with E-state index in [0.29, 0.717) is 47.5 Å². The number of benzene rings is 1. The molecule has 3 amide bonds. The first-order valence-corrected chi connectivity index (χ1v) is 10.9. The van der Waals surface area contributed by atoms with Crippen LogP contribution in [0, 0.1) is 26.7 Å². The van der Waals surface area contributed by atoms with Crippen molar-refractivity contribution in [2.24, 2.45) is 5.92 Å². The number of sulfonamides is 1. The monoisotopic (exact) mass is 409 g/mol. The Morgan fingerprint density at radius 3 is 2.25 bits per heavy atom. The van der Waals surface area contributed by atoms with Crippen LogP contribution < -0.4 is 20.1 Å². The second-order valence-corrected chi connectivity index (χ2v) is 9.30. The molecule has 154 valence electrons. The number of rotatable bonds is 5. The minimum Gasteiger partial charge on any atom is -0.496 e. The first kappa shape index (κ1) is 20.6. The van der Waals surface area contributed by atoms with Crippen LogP contribution in [-0.2, 0) is 14.8 Å². The van der Waals surface area contributed by atoms with Gasteiger partial charge < -0.3 is 10.1 Å². The Kier molecular flexibility index (Phi) is 5.67. The molecule has 2 fully saturated rings. The topological polar surface area (TPSA) is 114 Å². The highest BCUT2D eigenvalue weighted by molar-refractivity contribution is 7.89. The summed E-state index contributed by atoms with van der Waals surface area (Å²) in [4.78, 5) is 23.4. The van der Waals surface area contributed by atoms with Gasteiger partial charge in [-0.25, -0.2) is 17.9 Å². The Bertz CT molecular complexity index is 905. The average Bonchev–Trinajstić information content (AvgIpc) is 2.96. The normalized spacial score (nSPS) is 25.4. The van der Waals surface area contributed by atoms with Gasteiger partial charge in [0.15, 0.2) is 0 Å². The molecule has 2 aliphatic rings. The second-order valence-electron chi connectivity index (χ2n) is 7.65. The van der Waals surface area contributed by atoms with E-state index in [1.807, 2.05) is 6.92 Å². The van der Waals surface area contributed by atoms with Crippen LogP contribution in [0.5, 0.6) is 5.75 Å². The molecule has 1 atom stereocenters. The molecule has 3 N–H and O–H groups in total. The van der Waals surface area contributed by atoms with E-state index in [0.717, 1.165) is 5.56 Å². The van der Waals surface area contributed by atoms with Crippen molar-refractivity contribution < 1.29 is 22.7 Å². The van der Waals surface area contributed by atoms with Crippen molar-refractivity contribution in [2.75, 3.05) is 7.11 Å². The van der Waals surface area contributed by atoms with E-state index in [4.69, 9.17) is 4.74 Å². The van der Waals surface area contributed by atoms with Gasteiger partial charge in [0.25, 0.3) is 5.91 Å². The number of carbonyl (C=O) groups is 2. The molecular weight excluding hydrogens is 382 g/mol. The first-order valence-electron chi connectivity index (χ1n) is 9.42. The lowest BCUT2D eigenvalue weighted by atomic mass is 9.82. The van der Waals surface area contributed by atoms with Gasteiger partial charge in [-0.3, -0.25) is 10.1 Å². The predicted octanol–water partition coefficient (Wildman–Crippen LogP) is 1.67. The fourth-order valence-electron chi connectivity index (χ4n) is 4.26. The molecule has 0 aromatic heterocycles. The molecular formula is C19H27N3O5S. The molecule has 9 heteroatoms. The van der Waals surface area contributed by atoms with Gasteiger partial charge in [0.2, 0.25) is 10.0 Å². The summed E-state index contributed by atoms with van der Waals surface area (Å²) in [6.45, 7) is 5.40. The van der Waals surface area contributed by atoms with Gasteiger partial charge in [0, 0.05) is 6.04 Å². The number of nitrogens with one attached hydrogen (secondary N) is 3. The zero-order chi connectivity index (χ0) is 20.6. The summed E-state index contributed by atoms with van der Waals surface area (Å²) in [5, 5.41) is 4.90. The van der Waals surface area contributed by atoms with Gasteiger partial charge >= 0.3 is 6.03 Å². The number of urea groups is 1. The largest absolute Gasteiger partial charge is 0.496 e. The average molecular weight is 410 g/mol. The predicted molar refractivity (Wildman–Crippen MR) is 104 cm³/mol. The molecule has 1 aromatic rings. The van der Waals surface area contributed by atoms with Crippen LogP contribution in [0.4, 0.5) is 4.79 Å². The van der Waals surface area contributed by atoms with Crippen LogP contribution in [-0.4, -0.2) is 39.5 Å². The summed E-state index contributed by atoms with van der Waals surface area (Å²) in [7, 11) is -2.11. The van der Waals surface area contributed by atoms with Crippen LogP contribution in [0.3, 0.4) is 0 Å². The van der Waals surface area contributed by atoms with Crippen LogP contribution in [0.15, 0.2) is 11.0 Å². The van der Waals surface area contributed by atoms with E-state index in [-0.39, 0.29) is 17.9 Å². The summed E-state index contributed by atoms with van der Waals surface area (Å²) in [6.07, 6.45) is 2.59. The zero-order valence-corrected chi connectivity index (χ0v) is 17.4. The molecule has 0 spiro atoms. The van der Waals surface area contributed by atoms with Crippen molar-refractivity contribution in [3.05, 3.63) is 22.8 Å². The van der Waals surface area contributed by atoms with Crippen LogP contribution in [0.2, 0.25) is 0 Å². The third-order valence-electron chi connectivity index (χ3n) is 5.84.